The molecule has 0 bridgehead atoms. The molecule has 0 amide bonds. The van der Waals surface area contributed by atoms with Gasteiger partial charge in [0, 0.05) is 18.0 Å². The van der Waals surface area contributed by atoms with E-state index in [1.54, 1.807) is 16.9 Å². The molecule has 6 heteroatoms. The quantitative estimate of drug-likeness (QED) is 0.729. The van der Waals surface area contributed by atoms with E-state index in [2.05, 4.69) is 5.10 Å². The number of hydrogen-bond donors (Lipinski definition) is 0. The number of halogens is 2. The Balaban J connectivity index is 1.80. The molecule has 118 valence electrons. The first-order valence-electron chi connectivity index (χ1n) is 7.67. The molecule has 4 rings (SSSR count). The topological polar surface area (TPSA) is 39.3 Å². The summed E-state index contributed by atoms with van der Waals surface area (Å²) in [5.41, 5.74) is 3.03. The second-order valence-corrected chi connectivity index (χ2v) is 5.91. The Morgan fingerprint density at radius 3 is 2.74 bits per heavy atom. The minimum absolute atomic E-state index is 0.145. The van der Waals surface area contributed by atoms with Crippen molar-refractivity contribution in [2.75, 3.05) is 0 Å². The minimum atomic E-state index is -0.904. The molecular formula is C17H15F2N3O. The summed E-state index contributed by atoms with van der Waals surface area (Å²) in [7, 11) is 0. The summed E-state index contributed by atoms with van der Waals surface area (Å²) < 4.78 is 29.5. The maximum Gasteiger partial charge on any atom is 0.277 e. The number of aromatic nitrogens is 3. The normalized spacial score (nSPS) is 14.2. The van der Waals surface area contributed by atoms with Gasteiger partial charge in [-0.1, -0.05) is 6.07 Å². The standard InChI is InChI=1S/C17H15F2N3O/c18-13-6-5-11(9-14(13)19)10-21-7-8-22-16(17(21)23)12-3-1-2-4-15(12)20-22/h5-9H,1-4,10H2. The van der Waals surface area contributed by atoms with Crippen LogP contribution >= 0.6 is 0 Å². The fourth-order valence-electron chi connectivity index (χ4n) is 3.21. The monoisotopic (exact) mass is 315 g/mol. The number of rotatable bonds is 2. The van der Waals surface area contributed by atoms with E-state index in [9.17, 15) is 13.6 Å². The molecule has 23 heavy (non-hydrogen) atoms. The zero-order valence-electron chi connectivity index (χ0n) is 12.4. The lowest BCUT2D eigenvalue weighted by Crippen LogP contribution is -2.23. The van der Waals surface area contributed by atoms with E-state index in [0.29, 0.717) is 11.1 Å². The maximum absolute atomic E-state index is 13.3. The lowest BCUT2D eigenvalue weighted by atomic mass is 9.97. The molecular weight excluding hydrogens is 300 g/mol. The van der Waals surface area contributed by atoms with Crippen LogP contribution in [0.2, 0.25) is 0 Å². The Kier molecular flexibility index (Phi) is 3.25. The van der Waals surface area contributed by atoms with E-state index >= 15 is 0 Å². The molecule has 0 radical (unpaired) electrons. The fraction of sp³-hybridized carbons (Fsp3) is 0.294. The van der Waals surface area contributed by atoms with Gasteiger partial charge in [-0.3, -0.25) is 4.79 Å². The third-order valence-electron chi connectivity index (χ3n) is 4.37. The predicted molar refractivity (Wildman–Crippen MR) is 81.6 cm³/mol. The molecule has 0 aliphatic heterocycles. The van der Waals surface area contributed by atoms with Crippen LogP contribution in [0.3, 0.4) is 0 Å². The van der Waals surface area contributed by atoms with Gasteiger partial charge in [0.15, 0.2) is 11.6 Å². The highest BCUT2D eigenvalue weighted by Crippen LogP contribution is 2.22. The second-order valence-electron chi connectivity index (χ2n) is 5.91. The third kappa shape index (κ3) is 2.34. The van der Waals surface area contributed by atoms with E-state index in [0.717, 1.165) is 49.1 Å². The number of aryl methyl sites for hydroxylation is 2. The molecule has 0 N–H and O–H groups in total. The van der Waals surface area contributed by atoms with Crippen molar-refractivity contribution in [3.63, 3.8) is 0 Å². The van der Waals surface area contributed by atoms with Gasteiger partial charge in [-0.15, -0.1) is 0 Å². The molecule has 2 heterocycles. The van der Waals surface area contributed by atoms with Crippen LogP contribution in [0.15, 0.2) is 35.4 Å². The van der Waals surface area contributed by atoms with Crippen molar-refractivity contribution in [3.05, 3.63) is 69.4 Å². The Morgan fingerprint density at radius 1 is 1.09 bits per heavy atom. The van der Waals surface area contributed by atoms with Gasteiger partial charge in [0.2, 0.25) is 0 Å². The molecule has 1 aliphatic carbocycles. The number of benzene rings is 1. The molecule has 4 nitrogen and oxygen atoms in total. The summed E-state index contributed by atoms with van der Waals surface area (Å²) in [6.07, 6.45) is 7.30. The lowest BCUT2D eigenvalue weighted by Gasteiger charge is -2.09. The summed E-state index contributed by atoms with van der Waals surface area (Å²) in [4.78, 5) is 12.8. The lowest BCUT2D eigenvalue weighted by molar-refractivity contribution is 0.506. The highest BCUT2D eigenvalue weighted by Gasteiger charge is 2.19. The number of fused-ring (bicyclic) bond motifs is 3. The number of nitrogens with zero attached hydrogens (tertiary/aromatic N) is 3. The molecule has 0 spiro atoms. The van der Waals surface area contributed by atoms with Gasteiger partial charge in [0.1, 0.15) is 5.52 Å². The average molecular weight is 315 g/mol. The zero-order valence-corrected chi connectivity index (χ0v) is 12.4. The first kappa shape index (κ1) is 14.1. The molecule has 1 aliphatic rings. The van der Waals surface area contributed by atoms with Gasteiger partial charge in [-0.2, -0.15) is 5.10 Å². The van der Waals surface area contributed by atoms with E-state index in [4.69, 9.17) is 0 Å². The van der Waals surface area contributed by atoms with Gasteiger partial charge in [-0.05, 0) is 43.4 Å². The van der Waals surface area contributed by atoms with E-state index in [1.807, 2.05) is 0 Å². The molecule has 0 atom stereocenters. The fourth-order valence-corrected chi connectivity index (χ4v) is 3.21. The Labute approximate surface area is 131 Å². The van der Waals surface area contributed by atoms with Crippen LogP contribution in [0.5, 0.6) is 0 Å². The second kappa shape index (κ2) is 5.30. The van der Waals surface area contributed by atoms with Crippen molar-refractivity contribution in [3.8, 4) is 0 Å². The Morgan fingerprint density at radius 2 is 1.91 bits per heavy atom. The van der Waals surface area contributed by atoms with Crippen LogP contribution in [0.25, 0.3) is 5.52 Å². The van der Waals surface area contributed by atoms with Crippen molar-refractivity contribution >= 4 is 5.52 Å². The Bertz CT molecular complexity index is 958. The van der Waals surface area contributed by atoms with Gasteiger partial charge in [0.25, 0.3) is 5.56 Å². The minimum Gasteiger partial charge on any atom is -0.308 e. The first-order chi connectivity index (χ1) is 11.1. The highest BCUT2D eigenvalue weighted by atomic mass is 19.2. The summed E-state index contributed by atoms with van der Waals surface area (Å²) >= 11 is 0. The van der Waals surface area contributed by atoms with Crippen molar-refractivity contribution in [1.29, 1.82) is 0 Å². The summed E-state index contributed by atoms with van der Waals surface area (Å²) in [5.74, 6) is -1.79. The van der Waals surface area contributed by atoms with Crippen LogP contribution in [0.4, 0.5) is 8.78 Å². The smallest absolute Gasteiger partial charge is 0.277 e. The summed E-state index contributed by atoms with van der Waals surface area (Å²) in [5, 5.41) is 4.48. The molecule has 3 aromatic rings. The van der Waals surface area contributed by atoms with Gasteiger partial charge in [0.05, 0.1) is 12.2 Å². The first-order valence-corrected chi connectivity index (χ1v) is 7.67. The van der Waals surface area contributed by atoms with Crippen LogP contribution < -0.4 is 5.56 Å². The van der Waals surface area contributed by atoms with Crippen molar-refractivity contribution in [1.82, 2.24) is 14.2 Å². The molecule has 0 saturated carbocycles. The molecule has 1 aromatic carbocycles. The Hall–Kier alpha value is -2.50. The SMILES string of the molecule is O=c1c2c3c(nn2ccn1Cc1ccc(F)c(F)c1)CCCC3. The molecule has 0 saturated heterocycles. The van der Waals surface area contributed by atoms with E-state index < -0.39 is 11.6 Å². The van der Waals surface area contributed by atoms with Crippen molar-refractivity contribution in [2.24, 2.45) is 0 Å². The van der Waals surface area contributed by atoms with Gasteiger partial charge >= 0.3 is 0 Å². The third-order valence-corrected chi connectivity index (χ3v) is 4.37. The highest BCUT2D eigenvalue weighted by molar-refractivity contribution is 5.55. The largest absolute Gasteiger partial charge is 0.308 e. The zero-order chi connectivity index (χ0) is 16.0. The van der Waals surface area contributed by atoms with Crippen LogP contribution in [0, 0.1) is 11.6 Å². The predicted octanol–water partition coefficient (Wildman–Crippen LogP) is 2.70. The molecule has 2 aromatic heterocycles. The summed E-state index contributed by atoms with van der Waals surface area (Å²) in [6, 6.07) is 3.69. The summed E-state index contributed by atoms with van der Waals surface area (Å²) in [6.45, 7) is 0.201. The maximum atomic E-state index is 13.3. The average Bonchev–Trinajstić information content (AvgIpc) is 2.93. The molecule has 0 fully saturated rings. The van der Waals surface area contributed by atoms with Crippen LogP contribution in [0.1, 0.15) is 29.7 Å². The van der Waals surface area contributed by atoms with E-state index in [1.165, 1.54) is 10.6 Å². The number of hydrogen-bond acceptors (Lipinski definition) is 2. The van der Waals surface area contributed by atoms with Crippen LogP contribution in [-0.2, 0) is 19.4 Å². The van der Waals surface area contributed by atoms with E-state index in [-0.39, 0.29) is 12.1 Å². The van der Waals surface area contributed by atoms with Crippen molar-refractivity contribution in [2.45, 2.75) is 32.2 Å². The van der Waals surface area contributed by atoms with Gasteiger partial charge in [-0.25, -0.2) is 13.3 Å². The van der Waals surface area contributed by atoms with Gasteiger partial charge < -0.3 is 4.57 Å². The molecule has 0 unspecified atom stereocenters. The van der Waals surface area contributed by atoms with Crippen LogP contribution in [-0.4, -0.2) is 14.2 Å². The van der Waals surface area contributed by atoms with Crippen molar-refractivity contribution < 1.29 is 8.78 Å².